The van der Waals surface area contributed by atoms with E-state index < -0.39 is 0 Å². The third-order valence-corrected chi connectivity index (χ3v) is 4.14. The second-order valence-corrected chi connectivity index (χ2v) is 6.48. The standard InChI is InChI=1S/C21H26O3/c1-4-24-20(22)16-21(2,14-17-8-6-5-7-9-17)15-18-10-12-19(23-3)13-11-18/h5-13H,4,14-16H2,1-3H3. The first kappa shape index (κ1) is 18.1. The zero-order chi connectivity index (χ0) is 17.4. The van der Waals surface area contributed by atoms with E-state index in [0.717, 1.165) is 18.6 Å². The molecule has 0 aromatic heterocycles. The van der Waals surface area contributed by atoms with Gasteiger partial charge in [0.15, 0.2) is 0 Å². The SMILES string of the molecule is CCOC(=O)CC(C)(Cc1ccccc1)Cc1ccc(OC)cc1. The quantitative estimate of drug-likeness (QED) is 0.673. The second kappa shape index (κ2) is 8.53. The number of ether oxygens (including phenoxy) is 2. The molecule has 2 aromatic rings. The van der Waals surface area contributed by atoms with Gasteiger partial charge in [-0.15, -0.1) is 0 Å². The van der Waals surface area contributed by atoms with Gasteiger partial charge in [0.2, 0.25) is 0 Å². The summed E-state index contributed by atoms with van der Waals surface area (Å²) < 4.78 is 10.4. The van der Waals surface area contributed by atoms with Gasteiger partial charge in [-0.3, -0.25) is 4.79 Å². The van der Waals surface area contributed by atoms with Gasteiger partial charge in [0.1, 0.15) is 5.75 Å². The third kappa shape index (κ3) is 5.41. The molecular formula is C21H26O3. The Kier molecular flexibility index (Phi) is 6.42. The van der Waals surface area contributed by atoms with E-state index in [9.17, 15) is 4.79 Å². The highest BCUT2D eigenvalue weighted by molar-refractivity contribution is 5.70. The van der Waals surface area contributed by atoms with Crippen molar-refractivity contribution in [2.45, 2.75) is 33.1 Å². The maximum Gasteiger partial charge on any atom is 0.306 e. The fourth-order valence-corrected chi connectivity index (χ4v) is 3.07. The molecule has 0 fully saturated rings. The van der Waals surface area contributed by atoms with Crippen LogP contribution in [0.15, 0.2) is 54.6 Å². The molecule has 0 spiro atoms. The largest absolute Gasteiger partial charge is 0.497 e. The molecule has 1 unspecified atom stereocenters. The number of rotatable bonds is 8. The summed E-state index contributed by atoms with van der Waals surface area (Å²) >= 11 is 0. The number of benzene rings is 2. The molecule has 0 saturated heterocycles. The summed E-state index contributed by atoms with van der Waals surface area (Å²) in [6, 6.07) is 18.3. The van der Waals surface area contributed by atoms with Crippen LogP contribution in [-0.2, 0) is 22.4 Å². The van der Waals surface area contributed by atoms with Gasteiger partial charge in [-0.25, -0.2) is 0 Å². The van der Waals surface area contributed by atoms with E-state index in [2.05, 4.69) is 31.2 Å². The second-order valence-electron chi connectivity index (χ2n) is 6.48. The molecule has 0 amide bonds. The van der Waals surface area contributed by atoms with Crippen LogP contribution < -0.4 is 4.74 Å². The summed E-state index contributed by atoms with van der Waals surface area (Å²) in [4.78, 5) is 12.1. The lowest BCUT2D eigenvalue weighted by Gasteiger charge is -2.29. The van der Waals surface area contributed by atoms with Gasteiger partial charge in [0, 0.05) is 0 Å². The van der Waals surface area contributed by atoms with E-state index in [4.69, 9.17) is 9.47 Å². The highest BCUT2D eigenvalue weighted by atomic mass is 16.5. The van der Waals surface area contributed by atoms with Crippen molar-refractivity contribution in [1.82, 2.24) is 0 Å². The highest BCUT2D eigenvalue weighted by Gasteiger charge is 2.29. The summed E-state index contributed by atoms with van der Waals surface area (Å²) in [6.07, 6.45) is 2.05. The molecule has 0 aliphatic rings. The average molecular weight is 326 g/mol. The molecule has 128 valence electrons. The molecule has 2 rings (SSSR count). The molecule has 3 nitrogen and oxygen atoms in total. The number of methoxy groups -OCH3 is 1. The van der Waals surface area contributed by atoms with E-state index in [-0.39, 0.29) is 11.4 Å². The summed E-state index contributed by atoms with van der Waals surface area (Å²) in [5.74, 6) is 0.707. The molecule has 2 aromatic carbocycles. The number of esters is 1. The Morgan fingerprint density at radius 3 is 2.08 bits per heavy atom. The first-order valence-corrected chi connectivity index (χ1v) is 8.37. The van der Waals surface area contributed by atoms with Crippen molar-refractivity contribution in [1.29, 1.82) is 0 Å². The molecule has 0 heterocycles. The number of hydrogen-bond donors (Lipinski definition) is 0. The van der Waals surface area contributed by atoms with Crippen LogP contribution in [-0.4, -0.2) is 19.7 Å². The number of carbonyl (C=O) groups is 1. The lowest BCUT2D eigenvalue weighted by Crippen LogP contribution is -2.27. The van der Waals surface area contributed by atoms with Crippen LogP contribution in [0.2, 0.25) is 0 Å². The van der Waals surface area contributed by atoms with Crippen LogP contribution in [0.3, 0.4) is 0 Å². The number of hydrogen-bond acceptors (Lipinski definition) is 3. The van der Waals surface area contributed by atoms with Crippen LogP contribution in [0.5, 0.6) is 5.75 Å². The predicted molar refractivity (Wildman–Crippen MR) is 96.2 cm³/mol. The maximum absolute atomic E-state index is 12.1. The van der Waals surface area contributed by atoms with Crippen molar-refractivity contribution in [2.24, 2.45) is 5.41 Å². The summed E-state index contributed by atoms with van der Waals surface area (Å²) in [5.41, 5.74) is 2.23. The van der Waals surface area contributed by atoms with Gasteiger partial charge >= 0.3 is 5.97 Å². The maximum atomic E-state index is 12.1. The zero-order valence-electron chi connectivity index (χ0n) is 14.7. The van der Waals surface area contributed by atoms with Gasteiger partial charge in [-0.05, 0) is 48.4 Å². The Morgan fingerprint density at radius 2 is 1.54 bits per heavy atom. The van der Waals surface area contributed by atoms with Crippen molar-refractivity contribution < 1.29 is 14.3 Å². The molecule has 0 bridgehead atoms. The zero-order valence-corrected chi connectivity index (χ0v) is 14.7. The Morgan fingerprint density at radius 1 is 0.958 bits per heavy atom. The smallest absolute Gasteiger partial charge is 0.306 e. The molecule has 0 radical (unpaired) electrons. The van der Waals surface area contributed by atoms with Gasteiger partial charge < -0.3 is 9.47 Å². The van der Waals surface area contributed by atoms with E-state index in [0.29, 0.717) is 13.0 Å². The van der Waals surface area contributed by atoms with Crippen LogP contribution >= 0.6 is 0 Å². The predicted octanol–water partition coefficient (Wildman–Crippen LogP) is 4.44. The van der Waals surface area contributed by atoms with Gasteiger partial charge in [0.25, 0.3) is 0 Å². The van der Waals surface area contributed by atoms with E-state index in [1.165, 1.54) is 11.1 Å². The van der Waals surface area contributed by atoms with E-state index in [1.807, 2.05) is 37.3 Å². The van der Waals surface area contributed by atoms with Crippen LogP contribution in [0.1, 0.15) is 31.4 Å². The normalized spacial score (nSPS) is 13.1. The lowest BCUT2D eigenvalue weighted by molar-refractivity contribution is -0.145. The average Bonchev–Trinajstić information content (AvgIpc) is 2.56. The topological polar surface area (TPSA) is 35.5 Å². The molecule has 0 aliphatic heterocycles. The molecule has 0 aliphatic carbocycles. The monoisotopic (exact) mass is 326 g/mol. The van der Waals surface area contributed by atoms with Crippen molar-refractivity contribution >= 4 is 5.97 Å². The van der Waals surface area contributed by atoms with Crippen molar-refractivity contribution in [2.75, 3.05) is 13.7 Å². The van der Waals surface area contributed by atoms with Gasteiger partial charge in [0.05, 0.1) is 20.1 Å². The Balaban J connectivity index is 2.18. The fourth-order valence-electron chi connectivity index (χ4n) is 3.07. The van der Waals surface area contributed by atoms with Gasteiger partial charge in [-0.1, -0.05) is 49.4 Å². The Labute approximate surface area is 144 Å². The number of carbonyl (C=O) groups excluding carboxylic acids is 1. The van der Waals surface area contributed by atoms with Gasteiger partial charge in [-0.2, -0.15) is 0 Å². The highest BCUT2D eigenvalue weighted by Crippen LogP contribution is 2.32. The first-order chi connectivity index (χ1) is 11.5. The molecule has 3 heteroatoms. The van der Waals surface area contributed by atoms with Crippen molar-refractivity contribution in [3.63, 3.8) is 0 Å². The summed E-state index contributed by atoms with van der Waals surface area (Å²) in [7, 11) is 1.66. The first-order valence-electron chi connectivity index (χ1n) is 8.37. The van der Waals surface area contributed by atoms with E-state index in [1.54, 1.807) is 7.11 Å². The van der Waals surface area contributed by atoms with Crippen LogP contribution in [0.25, 0.3) is 0 Å². The Bertz CT molecular complexity index is 634. The van der Waals surface area contributed by atoms with Crippen molar-refractivity contribution in [3.8, 4) is 5.75 Å². The third-order valence-electron chi connectivity index (χ3n) is 4.14. The molecule has 24 heavy (non-hydrogen) atoms. The van der Waals surface area contributed by atoms with E-state index >= 15 is 0 Å². The van der Waals surface area contributed by atoms with Crippen LogP contribution in [0.4, 0.5) is 0 Å². The minimum absolute atomic E-state index is 0.135. The molecule has 0 saturated carbocycles. The minimum Gasteiger partial charge on any atom is -0.497 e. The lowest BCUT2D eigenvalue weighted by atomic mass is 9.76. The summed E-state index contributed by atoms with van der Waals surface area (Å²) in [5, 5.41) is 0. The van der Waals surface area contributed by atoms with Crippen LogP contribution in [0, 0.1) is 5.41 Å². The molecular weight excluding hydrogens is 300 g/mol. The molecule has 0 N–H and O–H groups in total. The Hall–Kier alpha value is -2.29. The van der Waals surface area contributed by atoms with Crippen molar-refractivity contribution in [3.05, 3.63) is 65.7 Å². The fraction of sp³-hybridized carbons (Fsp3) is 0.381. The minimum atomic E-state index is -0.192. The molecule has 1 atom stereocenters. The summed E-state index contributed by atoms with van der Waals surface area (Å²) in [6.45, 7) is 4.42.